The maximum atomic E-state index is 10.5. The van der Waals surface area contributed by atoms with Gasteiger partial charge in [0.05, 0.1) is 12.8 Å². The first-order valence-corrected chi connectivity index (χ1v) is 9.23. The van der Waals surface area contributed by atoms with Gasteiger partial charge in [-0.25, -0.2) is 4.99 Å². The smallest absolute Gasteiger partial charge is 0.248 e. The second-order valence-electron chi connectivity index (χ2n) is 6.32. The highest BCUT2D eigenvalue weighted by molar-refractivity contribution is 6.30. The number of aliphatic hydroxyl groups is 1. The number of guanidine groups is 1. The molecule has 8 nitrogen and oxygen atoms in total. The van der Waals surface area contributed by atoms with E-state index in [0.717, 1.165) is 5.56 Å². The van der Waals surface area contributed by atoms with Crippen molar-refractivity contribution >= 4 is 17.6 Å². The van der Waals surface area contributed by atoms with Gasteiger partial charge in [-0.3, -0.25) is 0 Å². The molecule has 0 aliphatic heterocycles. The van der Waals surface area contributed by atoms with Crippen LogP contribution in [-0.4, -0.2) is 34.3 Å². The van der Waals surface area contributed by atoms with Crippen LogP contribution in [0.3, 0.4) is 0 Å². The summed E-state index contributed by atoms with van der Waals surface area (Å²) < 4.78 is 10.5. The van der Waals surface area contributed by atoms with Crippen LogP contribution in [0.2, 0.25) is 5.02 Å². The van der Waals surface area contributed by atoms with Crippen molar-refractivity contribution in [3.05, 3.63) is 59.3 Å². The summed E-state index contributed by atoms with van der Waals surface area (Å²) in [5.74, 6) is 1.80. The van der Waals surface area contributed by atoms with Crippen molar-refractivity contribution in [2.45, 2.75) is 26.0 Å². The van der Waals surface area contributed by atoms with E-state index in [1.165, 1.54) is 6.26 Å². The van der Waals surface area contributed by atoms with E-state index in [0.29, 0.717) is 35.0 Å². The molecule has 0 fully saturated rings. The fraction of sp³-hybridized carbons (Fsp3) is 0.316. The molecule has 2 aromatic heterocycles. The molecule has 148 valence electrons. The van der Waals surface area contributed by atoms with Crippen LogP contribution < -0.4 is 10.6 Å². The van der Waals surface area contributed by atoms with Crippen LogP contribution in [0, 0.1) is 0 Å². The van der Waals surface area contributed by atoms with Gasteiger partial charge in [0.15, 0.2) is 5.96 Å². The molecule has 1 atom stereocenters. The van der Waals surface area contributed by atoms with E-state index in [1.807, 2.05) is 19.1 Å². The number of hydrogen-bond donors (Lipinski definition) is 3. The Balaban J connectivity index is 1.64. The molecular weight excluding hydrogens is 382 g/mol. The molecule has 0 aliphatic carbocycles. The Bertz CT molecular complexity index is 921. The van der Waals surface area contributed by atoms with Crippen molar-refractivity contribution in [1.82, 2.24) is 20.8 Å². The zero-order valence-electron chi connectivity index (χ0n) is 15.6. The first kappa shape index (κ1) is 19.9. The summed E-state index contributed by atoms with van der Waals surface area (Å²) in [6.07, 6.45) is 1.52. The Hall–Kier alpha value is -2.84. The maximum absolute atomic E-state index is 10.5. The van der Waals surface area contributed by atoms with Gasteiger partial charge < -0.3 is 24.7 Å². The molecule has 1 unspecified atom stereocenters. The molecule has 3 aromatic rings. The zero-order valence-corrected chi connectivity index (χ0v) is 16.4. The Kier molecular flexibility index (Phi) is 6.33. The monoisotopic (exact) mass is 403 g/mol. The Morgan fingerprint density at radius 3 is 2.86 bits per heavy atom. The van der Waals surface area contributed by atoms with Gasteiger partial charge in [0.1, 0.15) is 17.9 Å². The second kappa shape index (κ2) is 8.90. The first-order chi connectivity index (χ1) is 13.5. The molecule has 3 rings (SSSR count). The van der Waals surface area contributed by atoms with E-state index in [-0.39, 0.29) is 13.1 Å². The zero-order chi connectivity index (χ0) is 20.0. The van der Waals surface area contributed by atoms with Gasteiger partial charge in [0, 0.05) is 17.1 Å². The van der Waals surface area contributed by atoms with Crippen LogP contribution in [0.4, 0.5) is 0 Å². The van der Waals surface area contributed by atoms with E-state index < -0.39 is 5.60 Å². The fourth-order valence-electron chi connectivity index (χ4n) is 2.48. The van der Waals surface area contributed by atoms with Gasteiger partial charge in [0.2, 0.25) is 11.7 Å². The number of nitrogens with one attached hydrogen (secondary N) is 2. The van der Waals surface area contributed by atoms with Gasteiger partial charge in [-0.15, -0.1) is 0 Å². The molecule has 9 heteroatoms. The SMILES string of the molecule is CCNC(=NCc1nc(-c2cccc(Cl)c2)no1)NCC(C)(O)c1ccco1. The van der Waals surface area contributed by atoms with Crippen LogP contribution in [0.25, 0.3) is 11.4 Å². The maximum Gasteiger partial charge on any atom is 0.248 e. The summed E-state index contributed by atoms with van der Waals surface area (Å²) in [7, 11) is 0. The molecule has 0 aliphatic rings. The minimum absolute atomic E-state index is 0.186. The lowest BCUT2D eigenvalue weighted by molar-refractivity contribution is 0.0386. The molecule has 0 saturated heterocycles. The largest absolute Gasteiger partial charge is 0.466 e. The number of nitrogens with zero attached hydrogens (tertiary/aromatic N) is 3. The van der Waals surface area contributed by atoms with Gasteiger partial charge in [-0.1, -0.05) is 28.9 Å². The number of rotatable bonds is 7. The van der Waals surface area contributed by atoms with Gasteiger partial charge >= 0.3 is 0 Å². The Morgan fingerprint density at radius 2 is 2.14 bits per heavy atom. The summed E-state index contributed by atoms with van der Waals surface area (Å²) in [5.41, 5.74) is -0.407. The number of hydrogen-bond acceptors (Lipinski definition) is 6. The third kappa shape index (κ3) is 5.11. The van der Waals surface area contributed by atoms with Crippen molar-refractivity contribution in [3.8, 4) is 11.4 Å². The molecule has 1 aromatic carbocycles. The highest BCUT2D eigenvalue weighted by Crippen LogP contribution is 2.21. The third-order valence-corrected chi connectivity index (χ3v) is 4.15. The summed E-state index contributed by atoms with van der Waals surface area (Å²) in [5, 5.41) is 21.3. The molecule has 2 heterocycles. The van der Waals surface area contributed by atoms with E-state index in [1.54, 1.807) is 31.2 Å². The number of halogens is 1. The van der Waals surface area contributed by atoms with Crippen LogP contribution in [0.5, 0.6) is 0 Å². The van der Waals surface area contributed by atoms with Gasteiger partial charge in [-0.2, -0.15) is 4.98 Å². The molecular formula is C19H22ClN5O3. The van der Waals surface area contributed by atoms with Crippen molar-refractivity contribution in [2.24, 2.45) is 4.99 Å². The normalized spacial score (nSPS) is 13.9. The lowest BCUT2D eigenvalue weighted by Gasteiger charge is -2.22. The number of benzene rings is 1. The van der Waals surface area contributed by atoms with Crippen molar-refractivity contribution in [3.63, 3.8) is 0 Å². The Labute approximate surface area is 167 Å². The molecule has 3 N–H and O–H groups in total. The van der Waals surface area contributed by atoms with Crippen LogP contribution in [0.15, 0.2) is 56.6 Å². The minimum Gasteiger partial charge on any atom is -0.466 e. The molecule has 0 bridgehead atoms. The van der Waals surface area contributed by atoms with Crippen LogP contribution in [0.1, 0.15) is 25.5 Å². The number of aliphatic imine (C=N–C) groups is 1. The summed E-state index contributed by atoms with van der Waals surface area (Å²) in [4.78, 5) is 8.76. The van der Waals surface area contributed by atoms with Crippen molar-refractivity contribution < 1.29 is 14.0 Å². The lowest BCUT2D eigenvalue weighted by atomic mass is 10.0. The third-order valence-electron chi connectivity index (χ3n) is 3.92. The number of furan rings is 1. The minimum atomic E-state index is -1.18. The van der Waals surface area contributed by atoms with Crippen LogP contribution in [-0.2, 0) is 12.1 Å². The second-order valence-corrected chi connectivity index (χ2v) is 6.76. The van der Waals surface area contributed by atoms with E-state index in [9.17, 15) is 5.11 Å². The van der Waals surface area contributed by atoms with E-state index >= 15 is 0 Å². The molecule has 0 spiro atoms. The average Bonchev–Trinajstić information content (AvgIpc) is 3.36. The molecule has 0 amide bonds. The average molecular weight is 404 g/mol. The fourth-order valence-corrected chi connectivity index (χ4v) is 2.67. The topological polar surface area (TPSA) is 109 Å². The highest BCUT2D eigenvalue weighted by atomic mass is 35.5. The predicted octanol–water partition coefficient (Wildman–Crippen LogP) is 2.95. The molecule has 0 saturated carbocycles. The summed E-state index contributed by atoms with van der Waals surface area (Å²) >= 11 is 6.00. The summed E-state index contributed by atoms with van der Waals surface area (Å²) in [6, 6.07) is 10.7. The van der Waals surface area contributed by atoms with Crippen molar-refractivity contribution in [1.29, 1.82) is 0 Å². The van der Waals surface area contributed by atoms with E-state index in [2.05, 4.69) is 25.8 Å². The first-order valence-electron chi connectivity index (χ1n) is 8.85. The van der Waals surface area contributed by atoms with Crippen LogP contribution >= 0.6 is 11.6 Å². The molecule has 0 radical (unpaired) electrons. The summed E-state index contributed by atoms with van der Waals surface area (Å²) in [6.45, 7) is 4.67. The van der Waals surface area contributed by atoms with Gasteiger partial charge in [0.25, 0.3) is 0 Å². The number of aromatic nitrogens is 2. The quantitative estimate of drug-likeness (QED) is 0.411. The predicted molar refractivity (Wildman–Crippen MR) is 106 cm³/mol. The van der Waals surface area contributed by atoms with Crippen molar-refractivity contribution in [2.75, 3.05) is 13.1 Å². The van der Waals surface area contributed by atoms with E-state index in [4.69, 9.17) is 20.5 Å². The molecule has 28 heavy (non-hydrogen) atoms. The van der Waals surface area contributed by atoms with Gasteiger partial charge in [-0.05, 0) is 38.1 Å². The Morgan fingerprint density at radius 1 is 1.29 bits per heavy atom. The lowest BCUT2D eigenvalue weighted by Crippen LogP contribution is -2.44. The highest BCUT2D eigenvalue weighted by Gasteiger charge is 2.26. The standard InChI is InChI=1S/C19H22ClN5O3/c1-3-21-18(23-12-19(2,26)15-8-5-9-27-15)22-11-16-24-17(25-28-16)13-6-4-7-14(20)10-13/h4-10,26H,3,11-12H2,1-2H3,(H2,21,22,23).